The van der Waals surface area contributed by atoms with E-state index in [1.54, 1.807) is 13.3 Å². The minimum Gasteiger partial charge on any atom is -0.449 e. The van der Waals surface area contributed by atoms with Crippen LogP contribution in [0.1, 0.15) is 30.4 Å². The van der Waals surface area contributed by atoms with Crippen LogP contribution in [-0.4, -0.2) is 102 Å². The van der Waals surface area contributed by atoms with Gasteiger partial charge >= 0.3 is 12.1 Å². The van der Waals surface area contributed by atoms with Crippen molar-refractivity contribution in [3.05, 3.63) is 59.7 Å². The lowest BCUT2D eigenvalue weighted by Gasteiger charge is -2.42. The molecular weight excluding hydrogens is 613 g/mol. The molecule has 6 N–H and O–H groups in total. The third-order valence-corrected chi connectivity index (χ3v) is 8.06. The standard InChI is InChI=1S/C29H36N3O10PS/c1-15(34)30-24-26(37)25(36)22(13-33)41-27(24)32-23(35)12-21(28(38)42-43(2,3)44)31-29(39)40-14-20-18-10-6-4-8-16(18)17-9-5-7-11-19(17)20/h4-11,20-22,24-27,33,36-37H,12-14H2,1-3H3,(H,30,34)(H,31,39)(H,32,35)/t21-,22+,24+,25+,26+,27-/m0/s1. The summed E-state index contributed by atoms with van der Waals surface area (Å²) in [6.07, 6.45) is -9.99. The highest BCUT2D eigenvalue weighted by Gasteiger charge is 2.45. The Morgan fingerprint density at radius 1 is 0.977 bits per heavy atom. The van der Waals surface area contributed by atoms with E-state index in [1.807, 2.05) is 48.5 Å². The van der Waals surface area contributed by atoms with E-state index in [2.05, 4.69) is 16.0 Å². The monoisotopic (exact) mass is 649 g/mol. The summed E-state index contributed by atoms with van der Waals surface area (Å²) in [5, 5.41) is 37.5. The second kappa shape index (κ2) is 14.1. The van der Waals surface area contributed by atoms with E-state index < -0.39 is 79.8 Å². The zero-order valence-electron chi connectivity index (χ0n) is 24.3. The van der Waals surface area contributed by atoms with Gasteiger partial charge in [-0.15, -0.1) is 0 Å². The Bertz CT molecular complexity index is 1410. The number of ether oxygens (including phenoxy) is 2. The Hall–Kier alpha value is -3.39. The Morgan fingerprint density at radius 2 is 1.57 bits per heavy atom. The summed E-state index contributed by atoms with van der Waals surface area (Å²) >= 11 is 5.23. The van der Waals surface area contributed by atoms with Gasteiger partial charge < -0.3 is 45.3 Å². The number of hydrogen-bond acceptors (Lipinski definition) is 11. The van der Waals surface area contributed by atoms with Gasteiger partial charge in [0.25, 0.3) is 0 Å². The topological polar surface area (TPSA) is 193 Å². The van der Waals surface area contributed by atoms with Gasteiger partial charge in [-0.1, -0.05) is 60.3 Å². The lowest BCUT2D eigenvalue weighted by Crippen LogP contribution is -2.68. The fourth-order valence-corrected chi connectivity index (χ4v) is 6.08. The minimum atomic E-state index is -2.56. The average Bonchev–Trinajstić information content (AvgIpc) is 3.28. The Labute approximate surface area is 259 Å². The van der Waals surface area contributed by atoms with E-state index in [-0.39, 0.29) is 12.5 Å². The van der Waals surface area contributed by atoms with Crippen LogP contribution >= 0.6 is 6.26 Å². The molecule has 0 unspecified atom stereocenters. The Morgan fingerprint density at radius 3 is 2.11 bits per heavy atom. The fourth-order valence-electron chi connectivity index (χ4n) is 5.29. The molecule has 0 bridgehead atoms. The molecule has 1 heterocycles. The molecule has 2 aromatic carbocycles. The van der Waals surface area contributed by atoms with Gasteiger partial charge in [-0.05, 0) is 35.6 Å². The maximum atomic E-state index is 13.1. The van der Waals surface area contributed by atoms with E-state index in [4.69, 9.17) is 25.8 Å². The van der Waals surface area contributed by atoms with Crippen LogP contribution in [-0.2, 0) is 40.2 Å². The van der Waals surface area contributed by atoms with Crippen LogP contribution in [0.4, 0.5) is 4.79 Å². The van der Waals surface area contributed by atoms with Gasteiger partial charge in [0, 0.05) is 12.8 Å². The van der Waals surface area contributed by atoms with E-state index in [0.717, 1.165) is 22.3 Å². The second-order valence-corrected chi connectivity index (χ2v) is 16.3. The molecule has 0 saturated carbocycles. The number of alkyl carbamates (subject to hydrolysis) is 1. The van der Waals surface area contributed by atoms with Crippen molar-refractivity contribution in [3.63, 3.8) is 0 Å². The summed E-state index contributed by atoms with van der Waals surface area (Å²) in [5.74, 6) is -2.61. The highest BCUT2D eigenvalue weighted by Crippen LogP contribution is 2.44. The van der Waals surface area contributed by atoms with Crippen LogP contribution in [0.2, 0.25) is 0 Å². The highest BCUT2D eigenvalue weighted by molar-refractivity contribution is 8.11. The summed E-state index contributed by atoms with van der Waals surface area (Å²) in [6, 6.07) is 12.8. The van der Waals surface area contributed by atoms with Crippen LogP contribution in [0.5, 0.6) is 0 Å². The fraction of sp³-hybridized carbons (Fsp3) is 0.448. The van der Waals surface area contributed by atoms with Gasteiger partial charge in [0.1, 0.15) is 43.3 Å². The molecule has 2 aliphatic rings. The first-order valence-electron chi connectivity index (χ1n) is 13.9. The largest absolute Gasteiger partial charge is 0.449 e. The smallest absolute Gasteiger partial charge is 0.407 e. The lowest BCUT2D eigenvalue weighted by atomic mass is 9.95. The molecule has 0 radical (unpaired) electrons. The lowest BCUT2D eigenvalue weighted by molar-refractivity contribution is -0.203. The molecular formula is C29H36N3O10PS. The molecule has 1 fully saturated rings. The normalized spacial score (nSPS) is 23.5. The average molecular weight is 650 g/mol. The summed E-state index contributed by atoms with van der Waals surface area (Å²) < 4.78 is 16.4. The molecule has 0 spiro atoms. The number of fused-ring (bicyclic) bond motifs is 3. The number of carbonyl (C=O) groups excluding carboxylic acids is 4. The SMILES string of the molecule is CC(=O)N[C@@H]1[C@@H](O)[C@H](O)[C@@H](CO)O[C@@H]1NC(=O)C[C@H](NC(=O)OCC1c2ccccc2-c2ccccc21)C(=O)OP(C)(C)=S. The number of rotatable bonds is 10. The van der Waals surface area contributed by atoms with Crippen molar-refractivity contribution in [1.29, 1.82) is 0 Å². The van der Waals surface area contributed by atoms with Crippen molar-refractivity contribution in [2.45, 2.75) is 55.9 Å². The third kappa shape index (κ3) is 8.00. The van der Waals surface area contributed by atoms with Gasteiger partial charge in [0.15, 0.2) is 6.23 Å². The molecule has 3 amide bonds. The molecule has 4 rings (SSSR count). The number of benzene rings is 2. The minimum absolute atomic E-state index is 0.0373. The predicted molar refractivity (Wildman–Crippen MR) is 162 cm³/mol. The maximum Gasteiger partial charge on any atom is 0.407 e. The Balaban J connectivity index is 1.45. The molecule has 15 heteroatoms. The zero-order chi connectivity index (χ0) is 32.2. The van der Waals surface area contributed by atoms with E-state index in [0.29, 0.717) is 0 Å². The number of hydrogen-bond donors (Lipinski definition) is 6. The zero-order valence-corrected chi connectivity index (χ0v) is 26.0. The van der Waals surface area contributed by atoms with Gasteiger partial charge in [0.2, 0.25) is 11.8 Å². The van der Waals surface area contributed by atoms with Crippen LogP contribution in [0.3, 0.4) is 0 Å². The van der Waals surface area contributed by atoms with E-state index in [9.17, 15) is 34.5 Å². The molecule has 238 valence electrons. The molecule has 13 nitrogen and oxygen atoms in total. The van der Waals surface area contributed by atoms with E-state index >= 15 is 0 Å². The van der Waals surface area contributed by atoms with Crippen LogP contribution in [0, 0.1) is 0 Å². The van der Waals surface area contributed by atoms with Crippen molar-refractivity contribution in [1.82, 2.24) is 16.0 Å². The molecule has 6 atom stereocenters. The summed E-state index contributed by atoms with van der Waals surface area (Å²) in [7, 11) is 0. The highest BCUT2D eigenvalue weighted by atomic mass is 32.4. The first-order valence-corrected chi connectivity index (χ1v) is 17.5. The first kappa shape index (κ1) is 33.5. The van der Waals surface area contributed by atoms with Crippen molar-refractivity contribution in [2.24, 2.45) is 0 Å². The predicted octanol–water partition coefficient (Wildman–Crippen LogP) is 0.541. The maximum absolute atomic E-state index is 13.1. The van der Waals surface area contributed by atoms with Gasteiger partial charge in [-0.3, -0.25) is 9.59 Å². The number of aliphatic hydroxyl groups is 3. The third-order valence-electron chi connectivity index (χ3n) is 7.22. The quantitative estimate of drug-likeness (QED) is 0.197. The number of carbonyl (C=O) groups is 4. The first-order chi connectivity index (χ1) is 20.8. The molecule has 1 saturated heterocycles. The number of aliphatic hydroxyl groups excluding tert-OH is 3. The van der Waals surface area contributed by atoms with Gasteiger partial charge in [-0.2, -0.15) is 0 Å². The molecule has 2 aromatic rings. The van der Waals surface area contributed by atoms with Crippen molar-refractivity contribution in [3.8, 4) is 11.1 Å². The van der Waals surface area contributed by atoms with Crippen LogP contribution in [0.15, 0.2) is 48.5 Å². The number of amides is 3. The number of nitrogens with one attached hydrogen (secondary N) is 3. The second-order valence-electron chi connectivity index (χ2n) is 10.9. The van der Waals surface area contributed by atoms with Crippen LogP contribution < -0.4 is 16.0 Å². The van der Waals surface area contributed by atoms with E-state index in [1.165, 1.54) is 6.92 Å². The molecule has 1 aliphatic carbocycles. The molecule has 44 heavy (non-hydrogen) atoms. The van der Waals surface area contributed by atoms with Crippen molar-refractivity contribution in [2.75, 3.05) is 26.5 Å². The summed E-state index contributed by atoms with van der Waals surface area (Å²) in [5.41, 5.74) is 4.05. The molecule has 1 aliphatic heterocycles. The summed E-state index contributed by atoms with van der Waals surface area (Å²) in [6.45, 7) is 3.55. The Kier molecular flexibility index (Phi) is 10.8. The summed E-state index contributed by atoms with van der Waals surface area (Å²) in [4.78, 5) is 50.8. The van der Waals surface area contributed by atoms with Gasteiger partial charge in [0.05, 0.1) is 13.0 Å². The van der Waals surface area contributed by atoms with Crippen LogP contribution in [0.25, 0.3) is 11.1 Å². The van der Waals surface area contributed by atoms with Crippen molar-refractivity contribution < 1.29 is 48.5 Å². The van der Waals surface area contributed by atoms with Gasteiger partial charge in [-0.25, -0.2) is 9.59 Å². The molecule has 0 aromatic heterocycles. The van der Waals surface area contributed by atoms with Crippen molar-refractivity contribution >= 4 is 41.9 Å².